The van der Waals surface area contributed by atoms with Crippen LogP contribution in [0.15, 0.2) is 42.5 Å². The van der Waals surface area contributed by atoms with Crippen LogP contribution < -0.4 is 0 Å². The highest BCUT2D eigenvalue weighted by Gasteiger charge is 2.27. The summed E-state index contributed by atoms with van der Waals surface area (Å²) in [6.45, 7) is 5.48. The minimum atomic E-state index is -0.875. The van der Waals surface area contributed by atoms with Crippen LogP contribution in [-0.2, 0) is 11.3 Å². The average Bonchev–Trinajstić information content (AvgIpc) is 2.39. The number of carbonyl (C=O) groups is 1. The van der Waals surface area contributed by atoms with E-state index in [1.165, 1.54) is 5.56 Å². The maximum absolute atomic E-state index is 11.1. The van der Waals surface area contributed by atoms with Crippen LogP contribution >= 0.6 is 0 Å². The molecule has 1 aromatic carbocycles. The van der Waals surface area contributed by atoms with Gasteiger partial charge in [0.1, 0.15) is 0 Å². The number of carboxylic acid groups (broad SMARTS) is 1. The highest BCUT2D eigenvalue weighted by atomic mass is 16.4. The third-order valence-electron chi connectivity index (χ3n) is 3.52. The molecule has 0 aliphatic carbocycles. The van der Waals surface area contributed by atoms with E-state index in [9.17, 15) is 4.79 Å². The van der Waals surface area contributed by atoms with Crippen molar-refractivity contribution in [1.82, 2.24) is 4.90 Å². The first-order valence-electron chi connectivity index (χ1n) is 6.38. The Kier molecular flexibility index (Phi) is 4.15. The van der Waals surface area contributed by atoms with E-state index in [4.69, 9.17) is 5.11 Å². The van der Waals surface area contributed by atoms with E-state index in [1.807, 2.05) is 18.2 Å². The highest BCUT2D eigenvalue weighted by molar-refractivity contribution is 5.87. The van der Waals surface area contributed by atoms with Gasteiger partial charge in [-0.1, -0.05) is 43.3 Å². The first kappa shape index (κ1) is 12.8. The largest absolute Gasteiger partial charge is 0.478 e. The van der Waals surface area contributed by atoms with Crippen molar-refractivity contribution in [2.24, 2.45) is 0 Å². The molecule has 3 heteroatoms. The van der Waals surface area contributed by atoms with Gasteiger partial charge in [0.15, 0.2) is 0 Å². The second-order valence-corrected chi connectivity index (χ2v) is 4.80. The summed E-state index contributed by atoms with van der Waals surface area (Å²) in [6, 6.07) is 10.2. The third kappa shape index (κ3) is 2.99. The minimum absolute atomic E-state index is 0.0172. The molecule has 1 heterocycles. The zero-order valence-electron chi connectivity index (χ0n) is 10.5. The van der Waals surface area contributed by atoms with E-state index in [-0.39, 0.29) is 6.04 Å². The van der Waals surface area contributed by atoms with Crippen molar-refractivity contribution in [3.63, 3.8) is 0 Å². The molecule has 96 valence electrons. The molecule has 1 atom stereocenters. The van der Waals surface area contributed by atoms with Crippen molar-refractivity contribution >= 4 is 5.97 Å². The van der Waals surface area contributed by atoms with E-state index >= 15 is 0 Å². The SMILES string of the molecule is C=C(C(=O)O)C1CCCCN1Cc1ccccc1. The smallest absolute Gasteiger partial charge is 0.332 e. The van der Waals surface area contributed by atoms with Crippen molar-refractivity contribution in [2.75, 3.05) is 6.54 Å². The van der Waals surface area contributed by atoms with Crippen LogP contribution in [0.5, 0.6) is 0 Å². The number of hydrogen-bond acceptors (Lipinski definition) is 2. The number of carboxylic acids is 1. The number of nitrogens with zero attached hydrogens (tertiary/aromatic N) is 1. The van der Waals surface area contributed by atoms with E-state index in [2.05, 4.69) is 23.6 Å². The molecule has 0 aromatic heterocycles. The standard InChI is InChI=1S/C15H19NO2/c1-12(15(17)18)14-9-5-6-10-16(14)11-13-7-3-2-4-8-13/h2-4,7-8,14H,1,5-6,9-11H2,(H,17,18). The second-order valence-electron chi connectivity index (χ2n) is 4.80. The van der Waals surface area contributed by atoms with Crippen molar-refractivity contribution in [2.45, 2.75) is 31.8 Å². The van der Waals surface area contributed by atoms with Crippen LogP contribution in [0.25, 0.3) is 0 Å². The van der Waals surface area contributed by atoms with Gasteiger partial charge in [0, 0.05) is 18.2 Å². The molecule has 0 saturated carbocycles. The lowest BCUT2D eigenvalue weighted by Crippen LogP contribution is -2.41. The fourth-order valence-electron chi connectivity index (χ4n) is 2.54. The lowest BCUT2D eigenvalue weighted by atomic mass is 9.95. The van der Waals surface area contributed by atoms with E-state index in [1.54, 1.807) is 0 Å². The van der Waals surface area contributed by atoms with Crippen LogP contribution in [0.1, 0.15) is 24.8 Å². The van der Waals surface area contributed by atoms with Crippen LogP contribution in [-0.4, -0.2) is 28.6 Å². The van der Waals surface area contributed by atoms with Crippen molar-refractivity contribution in [3.8, 4) is 0 Å². The first-order chi connectivity index (χ1) is 8.68. The van der Waals surface area contributed by atoms with Gasteiger partial charge >= 0.3 is 5.97 Å². The molecule has 1 saturated heterocycles. The Hall–Kier alpha value is -1.61. The molecule has 1 unspecified atom stereocenters. The Morgan fingerprint density at radius 1 is 1.33 bits per heavy atom. The van der Waals surface area contributed by atoms with Crippen LogP contribution in [0.2, 0.25) is 0 Å². The van der Waals surface area contributed by atoms with Gasteiger partial charge in [0.25, 0.3) is 0 Å². The summed E-state index contributed by atoms with van der Waals surface area (Å²) in [6.07, 6.45) is 3.12. The topological polar surface area (TPSA) is 40.5 Å². The first-order valence-corrected chi connectivity index (χ1v) is 6.38. The summed E-state index contributed by atoms with van der Waals surface area (Å²) in [5, 5.41) is 9.09. The Morgan fingerprint density at radius 3 is 2.72 bits per heavy atom. The molecule has 0 amide bonds. The molecular weight excluding hydrogens is 226 g/mol. The lowest BCUT2D eigenvalue weighted by Gasteiger charge is -2.35. The molecule has 1 fully saturated rings. The van der Waals surface area contributed by atoms with Gasteiger partial charge in [-0.25, -0.2) is 4.79 Å². The summed E-state index contributed by atoms with van der Waals surface area (Å²) in [7, 11) is 0. The van der Waals surface area contributed by atoms with Gasteiger partial charge in [-0.3, -0.25) is 4.90 Å². The van der Waals surface area contributed by atoms with Gasteiger partial charge in [-0.05, 0) is 24.9 Å². The maximum Gasteiger partial charge on any atom is 0.332 e. The monoisotopic (exact) mass is 245 g/mol. The van der Waals surface area contributed by atoms with Gasteiger partial charge in [-0.15, -0.1) is 0 Å². The molecule has 0 radical (unpaired) electrons. The van der Waals surface area contributed by atoms with Crippen molar-refractivity contribution < 1.29 is 9.90 Å². The third-order valence-corrected chi connectivity index (χ3v) is 3.52. The number of aliphatic carboxylic acids is 1. The lowest BCUT2D eigenvalue weighted by molar-refractivity contribution is -0.133. The molecule has 1 aromatic rings. The van der Waals surface area contributed by atoms with Crippen LogP contribution in [0, 0.1) is 0 Å². The van der Waals surface area contributed by atoms with E-state index in [0.29, 0.717) is 5.57 Å². The fraction of sp³-hybridized carbons (Fsp3) is 0.400. The summed E-state index contributed by atoms with van der Waals surface area (Å²) >= 11 is 0. The molecule has 2 rings (SSSR count). The molecule has 1 N–H and O–H groups in total. The summed E-state index contributed by atoms with van der Waals surface area (Å²) in [5.41, 5.74) is 1.55. The predicted molar refractivity (Wildman–Crippen MR) is 71.3 cm³/mol. The predicted octanol–water partition coefficient (Wildman–Crippen LogP) is 2.68. The fourth-order valence-corrected chi connectivity index (χ4v) is 2.54. The van der Waals surface area contributed by atoms with E-state index < -0.39 is 5.97 Å². The minimum Gasteiger partial charge on any atom is -0.478 e. The molecule has 1 aliphatic rings. The van der Waals surface area contributed by atoms with Gasteiger partial charge in [-0.2, -0.15) is 0 Å². The number of rotatable bonds is 4. The number of hydrogen-bond donors (Lipinski definition) is 1. The molecule has 1 aliphatic heterocycles. The van der Waals surface area contributed by atoms with Crippen LogP contribution in [0.4, 0.5) is 0 Å². The summed E-state index contributed by atoms with van der Waals surface area (Å²) < 4.78 is 0. The maximum atomic E-state index is 11.1. The normalized spacial score (nSPS) is 20.6. The molecule has 0 spiro atoms. The van der Waals surface area contributed by atoms with Crippen LogP contribution in [0.3, 0.4) is 0 Å². The van der Waals surface area contributed by atoms with Crippen molar-refractivity contribution in [3.05, 3.63) is 48.0 Å². The molecule has 18 heavy (non-hydrogen) atoms. The number of benzene rings is 1. The highest BCUT2D eigenvalue weighted by Crippen LogP contribution is 2.24. The Labute approximate surface area is 108 Å². The Bertz CT molecular complexity index is 427. The van der Waals surface area contributed by atoms with Gasteiger partial charge in [0.2, 0.25) is 0 Å². The molecule has 0 bridgehead atoms. The summed E-state index contributed by atoms with van der Waals surface area (Å²) in [4.78, 5) is 13.3. The second kappa shape index (κ2) is 5.83. The molecular formula is C15H19NO2. The number of piperidine rings is 1. The van der Waals surface area contributed by atoms with E-state index in [0.717, 1.165) is 32.4 Å². The zero-order valence-corrected chi connectivity index (χ0v) is 10.5. The van der Waals surface area contributed by atoms with Crippen molar-refractivity contribution in [1.29, 1.82) is 0 Å². The Morgan fingerprint density at radius 2 is 2.06 bits per heavy atom. The number of likely N-dealkylation sites (tertiary alicyclic amines) is 1. The van der Waals surface area contributed by atoms with Gasteiger partial charge < -0.3 is 5.11 Å². The molecule has 3 nitrogen and oxygen atoms in total. The average molecular weight is 245 g/mol. The summed E-state index contributed by atoms with van der Waals surface area (Å²) in [5.74, 6) is -0.875. The van der Waals surface area contributed by atoms with Gasteiger partial charge in [0.05, 0.1) is 0 Å². The Balaban J connectivity index is 2.09. The zero-order chi connectivity index (χ0) is 13.0. The quantitative estimate of drug-likeness (QED) is 0.829.